The lowest BCUT2D eigenvalue weighted by Crippen LogP contribution is -2.35. The largest absolute Gasteiger partial charge is 0.481 e. The Labute approximate surface area is 142 Å². The lowest BCUT2D eigenvalue weighted by Gasteiger charge is -2.26. The molecule has 1 aliphatic heterocycles. The maximum atomic E-state index is 11.3. The van der Waals surface area contributed by atoms with E-state index in [4.69, 9.17) is 17.3 Å². The summed E-state index contributed by atoms with van der Waals surface area (Å²) in [6, 6.07) is 10.6. The minimum atomic E-state index is -0.912. The maximum absolute atomic E-state index is 11.3. The van der Waals surface area contributed by atoms with Gasteiger partial charge in [0.15, 0.2) is 5.96 Å². The van der Waals surface area contributed by atoms with Crippen LogP contribution in [0.15, 0.2) is 52.3 Å². The van der Waals surface area contributed by atoms with Crippen molar-refractivity contribution >= 4 is 40.6 Å². The van der Waals surface area contributed by atoms with E-state index in [9.17, 15) is 9.90 Å². The average Bonchev–Trinajstić information content (AvgIpc) is 3.03. The average molecular weight is 348 g/mol. The monoisotopic (exact) mass is 347 g/mol. The molecule has 0 saturated carbocycles. The predicted octanol–water partition coefficient (Wildman–Crippen LogP) is 3.25. The molecule has 7 heteroatoms. The summed E-state index contributed by atoms with van der Waals surface area (Å²) >= 11 is 7.46. The Bertz CT molecular complexity index is 782. The Balaban J connectivity index is 2.13. The van der Waals surface area contributed by atoms with E-state index in [1.54, 1.807) is 12.1 Å². The predicted molar refractivity (Wildman–Crippen MR) is 92.4 cm³/mol. The Morgan fingerprint density at radius 3 is 2.70 bits per heavy atom. The zero-order valence-electron chi connectivity index (χ0n) is 12.0. The van der Waals surface area contributed by atoms with Gasteiger partial charge in [-0.25, -0.2) is 4.99 Å². The lowest BCUT2D eigenvalue weighted by atomic mass is 9.95. The van der Waals surface area contributed by atoms with Crippen molar-refractivity contribution in [2.75, 3.05) is 0 Å². The molecule has 3 rings (SSSR count). The number of rotatable bonds is 4. The summed E-state index contributed by atoms with van der Waals surface area (Å²) in [5.74, 6) is -0.645. The van der Waals surface area contributed by atoms with Crippen LogP contribution in [-0.4, -0.2) is 17.0 Å². The van der Waals surface area contributed by atoms with E-state index in [1.807, 2.05) is 29.6 Å². The van der Waals surface area contributed by atoms with Crippen molar-refractivity contribution in [2.45, 2.75) is 12.5 Å². The van der Waals surface area contributed by atoms with Gasteiger partial charge in [-0.05, 0) is 34.7 Å². The standard InChI is InChI=1S/C16H14ClN3O2S/c17-10-5-3-9(4-6-10)14-11(8-13(21)22)15(20-16(18)19-14)12-2-1-7-23-12/h1-7,15H,8H2,(H,21,22)(H3,18,19,20). The molecule has 1 aromatic heterocycles. The number of benzene rings is 1. The summed E-state index contributed by atoms with van der Waals surface area (Å²) < 4.78 is 0. The van der Waals surface area contributed by atoms with Crippen molar-refractivity contribution in [3.05, 3.63) is 62.8 Å². The topological polar surface area (TPSA) is 87.7 Å². The molecule has 1 unspecified atom stereocenters. The number of hydrogen-bond acceptors (Lipinski definition) is 5. The molecule has 0 fully saturated rings. The first kappa shape index (κ1) is 15.6. The third kappa shape index (κ3) is 3.38. The number of carboxylic acid groups (broad SMARTS) is 1. The summed E-state index contributed by atoms with van der Waals surface area (Å²) in [6.07, 6.45) is -0.121. The van der Waals surface area contributed by atoms with Gasteiger partial charge in [-0.2, -0.15) is 0 Å². The molecule has 0 spiro atoms. The van der Waals surface area contributed by atoms with Crippen LogP contribution in [0.25, 0.3) is 5.70 Å². The first-order chi connectivity index (χ1) is 11.0. The van der Waals surface area contributed by atoms with Crippen molar-refractivity contribution in [2.24, 2.45) is 10.7 Å². The number of nitrogens with one attached hydrogen (secondary N) is 1. The second-order valence-electron chi connectivity index (χ2n) is 5.03. The van der Waals surface area contributed by atoms with Gasteiger partial charge in [0.1, 0.15) is 6.04 Å². The van der Waals surface area contributed by atoms with E-state index in [-0.39, 0.29) is 12.4 Å². The number of carboxylic acids is 1. The third-order valence-electron chi connectivity index (χ3n) is 3.46. The summed E-state index contributed by atoms with van der Waals surface area (Å²) in [7, 11) is 0. The number of nitrogens with zero attached hydrogens (tertiary/aromatic N) is 1. The summed E-state index contributed by atoms with van der Waals surface area (Å²) in [4.78, 5) is 16.7. The molecule has 1 aromatic carbocycles. The zero-order valence-corrected chi connectivity index (χ0v) is 13.6. The Kier molecular flexibility index (Phi) is 4.36. The highest BCUT2D eigenvalue weighted by Gasteiger charge is 2.28. The summed E-state index contributed by atoms with van der Waals surface area (Å²) in [5, 5.41) is 14.8. The zero-order chi connectivity index (χ0) is 16.4. The molecular formula is C16H14ClN3O2S. The molecule has 23 heavy (non-hydrogen) atoms. The van der Waals surface area contributed by atoms with E-state index < -0.39 is 12.0 Å². The van der Waals surface area contributed by atoms with E-state index in [1.165, 1.54) is 11.3 Å². The molecular weight excluding hydrogens is 334 g/mol. The molecule has 118 valence electrons. The van der Waals surface area contributed by atoms with Gasteiger partial charge in [-0.15, -0.1) is 11.3 Å². The number of hydrogen-bond donors (Lipinski definition) is 3. The molecule has 0 radical (unpaired) electrons. The minimum Gasteiger partial charge on any atom is -0.481 e. The van der Waals surface area contributed by atoms with E-state index in [0.717, 1.165) is 10.4 Å². The van der Waals surface area contributed by atoms with Gasteiger partial charge in [0.2, 0.25) is 0 Å². The Morgan fingerprint density at radius 1 is 1.35 bits per heavy atom. The van der Waals surface area contributed by atoms with Crippen LogP contribution >= 0.6 is 22.9 Å². The van der Waals surface area contributed by atoms with Crippen molar-refractivity contribution < 1.29 is 9.90 Å². The van der Waals surface area contributed by atoms with Crippen LogP contribution in [0, 0.1) is 0 Å². The van der Waals surface area contributed by atoms with Crippen molar-refractivity contribution in [1.29, 1.82) is 0 Å². The molecule has 2 aromatic rings. The van der Waals surface area contributed by atoms with Crippen molar-refractivity contribution in [3.63, 3.8) is 0 Å². The van der Waals surface area contributed by atoms with Gasteiger partial charge >= 0.3 is 5.97 Å². The van der Waals surface area contributed by atoms with Crippen LogP contribution in [0.5, 0.6) is 0 Å². The Hall–Kier alpha value is -2.31. The molecule has 0 bridgehead atoms. The number of carbonyl (C=O) groups is 1. The number of thiophene rings is 1. The van der Waals surface area contributed by atoms with Crippen LogP contribution < -0.4 is 11.1 Å². The quantitative estimate of drug-likeness (QED) is 0.792. The second kappa shape index (κ2) is 6.44. The van der Waals surface area contributed by atoms with Gasteiger partial charge in [-0.1, -0.05) is 29.8 Å². The van der Waals surface area contributed by atoms with Crippen LogP contribution in [0.2, 0.25) is 5.02 Å². The van der Waals surface area contributed by atoms with E-state index in [0.29, 0.717) is 16.3 Å². The highest BCUT2D eigenvalue weighted by atomic mass is 35.5. The molecule has 0 amide bonds. The minimum absolute atomic E-state index is 0.121. The number of aliphatic imine (C=N–C) groups is 1. The van der Waals surface area contributed by atoms with Gasteiger partial charge in [0.05, 0.1) is 12.1 Å². The molecule has 1 atom stereocenters. The van der Waals surface area contributed by atoms with Crippen LogP contribution in [0.1, 0.15) is 22.9 Å². The first-order valence-corrected chi connectivity index (χ1v) is 8.15. The van der Waals surface area contributed by atoms with Crippen LogP contribution in [0.3, 0.4) is 0 Å². The van der Waals surface area contributed by atoms with Gasteiger partial charge in [-0.3, -0.25) is 4.79 Å². The van der Waals surface area contributed by atoms with Crippen LogP contribution in [-0.2, 0) is 4.79 Å². The van der Waals surface area contributed by atoms with Crippen LogP contribution in [0.4, 0.5) is 0 Å². The highest BCUT2D eigenvalue weighted by Crippen LogP contribution is 2.37. The number of guanidine groups is 1. The molecule has 5 nitrogen and oxygen atoms in total. The fraction of sp³-hybridized carbons (Fsp3) is 0.125. The van der Waals surface area contributed by atoms with Crippen molar-refractivity contribution in [1.82, 2.24) is 5.32 Å². The van der Waals surface area contributed by atoms with E-state index >= 15 is 0 Å². The highest BCUT2D eigenvalue weighted by molar-refractivity contribution is 7.10. The molecule has 0 saturated heterocycles. The normalized spacial score (nSPS) is 17.6. The molecule has 2 heterocycles. The Morgan fingerprint density at radius 2 is 2.09 bits per heavy atom. The molecule has 0 aliphatic carbocycles. The number of aliphatic carboxylic acids is 1. The molecule has 4 N–H and O–H groups in total. The van der Waals surface area contributed by atoms with Gasteiger partial charge < -0.3 is 16.2 Å². The fourth-order valence-corrected chi connectivity index (χ4v) is 3.42. The smallest absolute Gasteiger partial charge is 0.307 e. The maximum Gasteiger partial charge on any atom is 0.307 e. The van der Waals surface area contributed by atoms with E-state index in [2.05, 4.69) is 10.3 Å². The van der Waals surface area contributed by atoms with Gasteiger partial charge in [0, 0.05) is 9.90 Å². The first-order valence-electron chi connectivity index (χ1n) is 6.89. The third-order valence-corrected chi connectivity index (χ3v) is 4.64. The SMILES string of the molecule is NC1=NC(c2cccs2)C(CC(=O)O)=C(c2ccc(Cl)cc2)N1. The summed E-state index contributed by atoms with van der Waals surface area (Å²) in [5.41, 5.74) is 8.10. The van der Waals surface area contributed by atoms with Gasteiger partial charge in [0.25, 0.3) is 0 Å². The van der Waals surface area contributed by atoms with Crippen molar-refractivity contribution in [3.8, 4) is 0 Å². The number of halogens is 1. The second-order valence-corrected chi connectivity index (χ2v) is 6.45. The summed E-state index contributed by atoms with van der Waals surface area (Å²) in [6.45, 7) is 0. The fourth-order valence-electron chi connectivity index (χ4n) is 2.50. The molecule has 1 aliphatic rings. The lowest BCUT2D eigenvalue weighted by molar-refractivity contribution is -0.136. The number of nitrogens with two attached hydrogens (primary N) is 1.